The largest absolute Gasteiger partial charge is 0.497 e. The third-order valence-corrected chi connectivity index (χ3v) is 5.61. The van der Waals surface area contributed by atoms with Gasteiger partial charge in [0.05, 0.1) is 31.3 Å². The van der Waals surface area contributed by atoms with Crippen LogP contribution in [-0.2, 0) is 12.8 Å². The van der Waals surface area contributed by atoms with E-state index in [9.17, 15) is 4.79 Å². The molecule has 1 aromatic heterocycles. The molecule has 0 bridgehead atoms. The van der Waals surface area contributed by atoms with Gasteiger partial charge in [-0.2, -0.15) is 5.10 Å². The number of carbonyl (C=O) groups excluding carboxylic acids is 1. The third-order valence-electron chi connectivity index (χ3n) is 5.61. The molecule has 0 N–H and O–H groups in total. The highest BCUT2D eigenvalue weighted by Crippen LogP contribution is 2.32. The molecule has 0 atom stereocenters. The smallest absolute Gasteiger partial charge is 0.277 e. The van der Waals surface area contributed by atoms with E-state index in [4.69, 9.17) is 14.6 Å². The van der Waals surface area contributed by atoms with Gasteiger partial charge in [-0.1, -0.05) is 12.1 Å². The first-order valence-electron chi connectivity index (χ1n) is 10.4. The summed E-state index contributed by atoms with van der Waals surface area (Å²) in [5.41, 5.74) is 4.35. The number of rotatable bonds is 6. The Kier molecular flexibility index (Phi) is 5.74. The molecule has 30 heavy (non-hydrogen) atoms. The van der Waals surface area contributed by atoms with Crippen molar-refractivity contribution < 1.29 is 14.3 Å². The second-order valence-electron chi connectivity index (χ2n) is 7.31. The van der Waals surface area contributed by atoms with Crippen LogP contribution in [0.2, 0.25) is 0 Å². The molecule has 6 nitrogen and oxygen atoms in total. The molecule has 1 amide bonds. The average molecular weight is 405 g/mol. The lowest BCUT2D eigenvalue weighted by Crippen LogP contribution is -2.33. The van der Waals surface area contributed by atoms with Crippen LogP contribution in [0.5, 0.6) is 11.5 Å². The van der Waals surface area contributed by atoms with Gasteiger partial charge >= 0.3 is 0 Å². The Morgan fingerprint density at radius 2 is 1.77 bits per heavy atom. The van der Waals surface area contributed by atoms with Gasteiger partial charge in [0.2, 0.25) is 0 Å². The fourth-order valence-corrected chi connectivity index (χ4v) is 4.09. The van der Waals surface area contributed by atoms with Crippen LogP contribution in [0.3, 0.4) is 0 Å². The molecular weight excluding hydrogens is 378 g/mol. The lowest BCUT2D eigenvalue weighted by Gasteiger charge is -2.24. The van der Waals surface area contributed by atoms with Crippen LogP contribution >= 0.6 is 0 Å². The lowest BCUT2D eigenvalue weighted by atomic mass is 9.95. The van der Waals surface area contributed by atoms with E-state index in [1.807, 2.05) is 55.5 Å². The molecule has 6 heteroatoms. The molecule has 156 valence electrons. The van der Waals surface area contributed by atoms with Crippen molar-refractivity contribution in [2.24, 2.45) is 0 Å². The molecule has 0 radical (unpaired) electrons. The van der Waals surface area contributed by atoms with Gasteiger partial charge < -0.3 is 14.4 Å². The number of methoxy groups -OCH3 is 2. The highest BCUT2D eigenvalue weighted by atomic mass is 16.5. The summed E-state index contributed by atoms with van der Waals surface area (Å²) in [6.07, 6.45) is 3.95. The standard InChI is InChI=1S/C24H27N3O3/c1-4-26(21-11-7-8-12-22(21)30-3)24(28)23-19-9-5-6-10-20(19)25-27(23)17-13-15-18(29-2)16-14-17/h7-8,11-16H,4-6,9-10H2,1-3H3. The van der Waals surface area contributed by atoms with E-state index in [1.54, 1.807) is 23.8 Å². The Labute approximate surface area is 177 Å². The number of ether oxygens (including phenoxy) is 2. The zero-order valence-corrected chi connectivity index (χ0v) is 17.7. The minimum atomic E-state index is -0.0616. The molecule has 0 saturated carbocycles. The molecule has 0 unspecified atom stereocenters. The Morgan fingerprint density at radius 3 is 2.47 bits per heavy atom. The topological polar surface area (TPSA) is 56.6 Å². The van der Waals surface area contributed by atoms with E-state index in [0.29, 0.717) is 18.0 Å². The lowest BCUT2D eigenvalue weighted by molar-refractivity contribution is 0.0979. The van der Waals surface area contributed by atoms with E-state index in [0.717, 1.165) is 54.1 Å². The number of aromatic nitrogens is 2. The van der Waals surface area contributed by atoms with Crippen LogP contribution in [0.25, 0.3) is 5.69 Å². The normalized spacial score (nSPS) is 12.9. The Morgan fingerprint density at radius 1 is 1.03 bits per heavy atom. The minimum Gasteiger partial charge on any atom is -0.497 e. The van der Waals surface area contributed by atoms with Crippen molar-refractivity contribution in [1.29, 1.82) is 0 Å². The van der Waals surface area contributed by atoms with Crippen molar-refractivity contribution in [3.8, 4) is 17.2 Å². The van der Waals surface area contributed by atoms with E-state index >= 15 is 0 Å². The first kappa shape index (κ1) is 20.0. The number of fused-ring (bicyclic) bond motifs is 1. The molecule has 0 fully saturated rings. The zero-order valence-electron chi connectivity index (χ0n) is 17.7. The average Bonchev–Trinajstić information content (AvgIpc) is 3.19. The number of benzene rings is 2. The molecular formula is C24H27N3O3. The van der Waals surface area contributed by atoms with Crippen molar-refractivity contribution in [3.63, 3.8) is 0 Å². The number of hydrogen-bond donors (Lipinski definition) is 0. The summed E-state index contributed by atoms with van der Waals surface area (Å²) < 4.78 is 12.6. The quantitative estimate of drug-likeness (QED) is 0.609. The van der Waals surface area contributed by atoms with Crippen molar-refractivity contribution in [2.75, 3.05) is 25.7 Å². The molecule has 0 aliphatic heterocycles. The summed E-state index contributed by atoms with van der Waals surface area (Å²) in [4.78, 5) is 15.6. The monoisotopic (exact) mass is 405 g/mol. The maximum Gasteiger partial charge on any atom is 0.277 e. The fraction of sp³-hybridized carbons (Fsp3) is 0.333. The minimum absolute atomic E-state index is 0.0616. The molecule has 1 heterocycles. The first-order chi connectivity index (χ1) is 14.7. The summed E-state index contributed by atoms with van der Waals surface area (Å²) in [6, 6.07) is 15.3. The van der Waals surface area contributed by atoms with Crippen LogP contribution < -0.4 is 14.4 Å². The summed E-state index contributed by atoms with van der Waals surface area (Å²) in [5.74, 6) is 1.39. The van der Waals surface area contributed by atoms with Gasteiger partial charge in [-0.3, -0.25) is 4.79 Å². The Balaban J connectivity index is 1.83. The molecule has 1 aliphatic rings. The number of para-hydroxylation sites is 2. The Bertz CT molecular complexity index is 1040. The number of nitrogens with zero attached hydrogens (tertiary/aromatic N) is 3. The Hall–Kier alpha value is -3.28. The highest BCUT2D eigenvalue weighted by molar-refractivity contribution is 6.07. The van der Waals surface area contributed by atoms with Gasteiger partial charge in [-0.25, -0.2) is 4.68 Å². The van der Waals surface area contributed by atoms with Crippen LogP contribution in [0.15, 0.2) is 48.5 Å². The van der Waals surface area contributed by atoms with Gasteiger partial charge in [-0.15, -0.1) is 0 Å². The summed E-state index contributed by atoms with van der Waals surface area (Å²) >= 11 is 0. The SMILES string of the molecule is CCN(C(=O)c1c2c(nn1-c1ccc(OC)cc1)CCCC2)c1ccccc1OC. The van der Waals surface area contributed by atoms with Crippen LogP contribution in [0.4, 0.5) is 5.69 Å². The van der Waals surface area contributed by atoms with Crippen LogP contribution in [0, 0.1) is 0 Å². The molecule has 3 aromatic rings. The predicted octanol–water partition coefficient (Wildman–Crippen LogP) is 4.44. The van der Waals surface area contributed by atoms with Gasteiger partial charge in [-0.05, 0) is 69.0 Å². The van der Waals surface area contributed by atoms with E-state index in [-0.39, 0.29) is 5.91 Å². The second kappa shape index (κ2) is 8.61. The molecule has 1 aliphatic carbocycles. The number of carbonyl (C=O) groups is 1. The summed E-state index contributed by atoms with van der Waals surface area (Å²) in [7, 11) is 3.27. The predicted molar refractivity (Wildman–Crippen MR) is 117 cm³/mol. The van der Waals surface area contributed by atoms with Gasteiger partial charge in [0, 0.05) is 12.1 Å². The highest BCUT2D eigenvalue weighted by Gasteiger charge is 2.30. The van der Waals surface area contributed by atoms with Crippen molar-refractivity contribution in [3.05, 3.63) is 65.5 Å². The third kappa shape index (κ3) is 3.54. The van der Waals surface area contributed by atoms with Crippen molar-refractivity contribution in [2.45, 2.75) is 32.6 Å². The molecule has 4 rings (SSSR count). The van der Waals surface area contributed by atoms with Crippen molar-refractivity contribution >= 4 is 11.6 Å². The van der Waals surface area contributed by atoms with Gasteiger partial charge in [0.25, 0.3) is 5.91 Å². The maximum atomic E-state index is 13.9. The van der Waals surface area contributed by atoms with Gasteiger partial charge in [0.15, 0.2) is 0 Å². The number of aryl methyl sites for hydroxylation is 1. The molecule has 0 spiro atoms. The molecule has 0 saturated heterocycles. The molecule has 2 aromatic carbocycles. The van der Waals surface area contributed by atoms with E-state index in [2.05, 4.69) is 0 Å². The number of hydrogen-bond acceptors (Lipinski definition) is 4. The summed E-state index contributed by atoms with van der Waals surface area (Å²) in [5, 5.41) is 4.85. The number of amides is 1. The second-order valence-corrected chi connectivity index (χ2v) is 7.31. The van der Waals surface area contributed by atoms with E-state index < -0.39 is 0 Å². The maximum absolute atomic E-state index is 13.9. The zero-order chi connectivity index (χ0) is 21.1. The van der Waals surface area contributed by atoms with Crippen LogP contribution in [0.1, 0.15) is 41.5 Å². The first-order valence-corrected chi connectivity index (χ1v) is 10.4. The van der Waals surface area contributed by atoms with Crippen LogP contribution in [-0.4, -0.2) is 36.5 Å². The van der Waals surface area contributed by atoms with Crippen molar-refractivity contribution in [1.82, 2.24) is 9.78 Å². The number of anilines is 1. The fourth-order valence-electron chi connectivity index (χ4n) is 4.09. The van der Waals surface area contributed by atoms with Gasteiger partial charge in [0.1, 0.15) is 17.2 Å². The summed E-state index contributed by atoms with van der Waals surface area (Å²) in [6.45, 7) is 2.51. The van der Waals surface area contributed by atoms with E-state index in [1.165, 1.54) is 0 Å².